The predicted molar refractivity (Wildman–Crippen MR) is 118 cm³/mol. The Hall–Kier alpha value is -1.67. The van der Waals surface area contributed by atoms with E-state index in [1.165, 1.54) is 19.0 Å². The molecule has 2 aliphatic rings. The molecule has 0 amide bonds. The van der Waals surface area contributed by atoms with E-state index in [0.717, 1.165) is 38.3 Å². The third-order valence-electron chi connectivity index (χ3n) is 6.01. The zero-order valence-electron chi connectivity index (χ0n) is 16.7. The van der Waals surface area contributed by atoms with Crippen LogP contribution in [0.2, 0.25) is 10.0 Å². The van der Waals surface area contributed by atoms with Crippen LogP contribution >= 0.6 is 23.2 Å². The standard InChI is InChI=1S/C21H26Cl2FN5O/c22-17-4-3-14(18(23)8-17)9-25-20-19(24)10-26-21(27-20)29-12-16(13-29)15-2-1-5-28(11-15)6-7-30/h3-4,8,10,15-16,30H,1-2,5-7,9,11-13H2,(H,25,26,27). The number of piperidine rings is 1. The smallest absolute Gasteiger partial charge is 0.227 e. The summed E-state index contributed by atoms with van der Waals surface area (Å²) in [6.45, 7) is 5.18. The van der Waals surface area contributed by atoms with E-state index < -0.39 is 5.82 Å². The van der Waals surface area contributed by atoms with Crippen molar-refractivity contribution in [1.29, 1.82) is 0 Å². The second-order valence-electron chi connectivity index (χ2n) is 8.05. The summed E-state index contributed by atoms with van der Waals surface area (Å²) in [6.07, 6.45) is 3.61. The number of anilines is 2. The number of aliphatic hydroxyl groups is 1. The highest BCUT2D eigenvalue weighted by molar-refractivity contribution is 6.35. The fourth-order valence-electron chi connectivity index (χ4n) is 4.27. The van der Waals surface area contributed by atoms with Crippen LogP contribution in [0.5, 0.6) is 0 Å². The molecule has 1 aromatic carbocycles. The lowest BCUT2D eigenvalue weighted by Gasteiger charge is -2.46. The molecule has 2 fully saturated rings. The molecule has 0 spiro atoms. The first kappa shape index (κ1) is 21.6. The molecule has 1 unspecified atom stereocenters. The van der Waals surface area contributed by atoms with Gasteiger partial charge in [0.05, 0.1) is 12.8 Å². The molecule has 2 N–H and O–H groups in total. The van der Waals surface area contributed by atoms with Crippen LogP contribution in [-0.2, 0) is 6.54 Å². The van der Waals surface area contributed by atoms with E-state index in [1.54, 1.807) is 12.1 Å². The Kier molecular flexibility index (Phi) is 6.93. The molecule has 0 aliphatic carbocycles. The maximum atomic E-state index is 14.2. The van der Waals surface area contributed by atoms with Gasteiger partial charge in [-0.2, -0.15) is 4.98 Å². The lowest BCUT2D eigenvalue weighted by atomic mass is 9.81. The Morgan fingerprint density at radius 2 is 2.03 bits per heavy atom. The number of rotatable bonds is 7. The van der Waals surface area contributed by atoms with E-state index in [2.05, 4.69) is 25.1 Å². The summed E-state index contributed by atoms with van der Waals surface area (Å²) in [4.78, 5) is 13.0. The number of aromatic nitrogens is 2. The minimum Gasteiger partial charge on any atom is -0.395 e. The lowest BCUT2D eigenvalue weighted by molar-refractivity contribution is 0.101. The minimum absolute atomic E-state index is 0.168. The van der Waals surface area contributed by atoms with Crippen LogP contribution in [0, 0.1) is 17.7 Å². The third-order valence-corrected chi connectivity index (χ3v) is 6.60. The fraction of sp³-hybridized carbons (Fsp3) is 0.524. The molecule has 2 aliphatic heterocycles. The predicted octanol–water partition coefficient (Wildman–Crippen LogP) is 3.68. The number of nitrogens with zero attached hydrogens (tertiary/aromatic N) is 4. The van der Waals surface area contributed by atoms with Gasteiger partial charge in [-0.1, -0.05) is 29.3 Å². The average molecular weight is 454 g/mol. The molecule has 6 nitrogen and oxygen atoms in total. The molecule has 2 aromatic rings. The monoisotopic (exact) mass is 453 g/mol. The minimum atomic E-state index is -0.493. The molecule has 4 rings (SSSR count). The Balaban J connectivity index is 1.35. The fourth-order valence-corrected chi connectivity index (χ4v) is 4.75. The van der Waals surface area contributed by atoms with Crippen molar-refractivity contribution in [2.24, 2.45) is 11.8 Å². The molecule has 1 atom stereocenters. The van der Waals surface area contributed by atoms with Gasteiger partial charge in [-0.3, -0.25) is 0 Å². The second kappa shape index (κ2) is 9.64. The highest BCUT2D eigenvalue weighted by atomic mass is 35.5. The van der Waals surface area contributed by atoms with Crippen molar-refractivity contribution >= 4 is 35.0 Å². The molecule has 162 valence electrons. The maximum Gasteiger partial charge on any atom is 0.227 e. The highest BCUT2D eigenvalue weighted by Gasteiger charge is 2.37. The molecule has 1 aromatic heterocycles. The van der Waals surface area contributed by atoms with Crippen molar-refractivity contribution in [3.8, 4) is 0 Å². The van der Waals surface area contributed by atoms with Crippen LogP contribution in [0.4, 0.5) is 16.2 Å². The van der Waals surface area contributed by atoms with Gasteiger partial charge in [-0.15, -0.1) is 0 Å². The van der Waals surface area contributed by atoms with Gasteiger partial charge in [0, 0.05) is 42.8 Å². The van der Waals surface area contributed by atoms with Crippen LogP contribution in [0.25, 0.3) is 0 Å². The summed E-state index contributed by atoms with van der Waals surface area (Å²) >= 11 is 12.1. The maximum absolute atomic E-state index is 14.2. The first-order valence-corrected chi connectivity index (χ1v) is 11.1. The quantitative estimate of drug-likeness (QED) is 0.666. The van der Waals surface area contributed by atoms with Gasteiger partial charge < -0.3 is 20.2 Å². The van der Waals surface area contributed by atoms with Gasteiger partial charge in [0.25, 0.3) is 0 Å². The number of β-amino-alcohol motifs (C(OH)–C–C–N with tert-alkyl or cyclic N) is 1. The number of aliphatic hydroxyl groups excluding tert-OH is 1. The first-order chi connectivity index (χ1) is 14.5. The molecular weight excluding hydrogens is 428 g/mol. The second-order valence-corrected chi connectivity index (χ2v) is 8.89. The van der Waals surface area contributed by atoms with Crippen molar-refractivity contribution in [2.45, 2.75) is 19.4 Å². The molecule has 0 bridgehead atoms. The van der Waals surface area contributed by atoms with Crippen molar-refractivity contribution in [3.63, 3.8) is 0 Å². The van der Waals surface area contributed by atoms with Gasteiger partial charge in [0.15, 0.2) is 11.6 Å². The van der Waals surface area contributed by atoms with Crippen LogP contribution in [-0.4, -0.2) is 59.3 Å². The molecule has 2 saturated heterocycles. The number of benzene rings is 1. The Bertz CT molecular complexity index is 878. The summed E-state index contributed by atoms with van der Waals surface area (Å²) in [7, 11) is 0. The summed E-state index contributed by atoms with van der Waals surface area (Å²) in [5, 5.41) is 13.3. The van der Waals surface area contributed by atoms with Crippen molar-refractivity contribution in [2.75, 3.05) is 49.5 Å². The lowest BCUT2D eigenvalue weighted by Crippen LogP contribution is -2.54. The van der Waals surface area contributed by atoms with Crippen LogP contribution < -0.4 is 10.2 Å². The summed E-state index contributed by atoms with van der Waals surface area (Å²) in [6, 6.07) is 5.22. The van der Waals surface area contributed by atoms with Gasteiger partial charge >= 0.3 is 0 Å². The van der Waals surface area contributed by atoms with Crippen molar-refractivity contribution in [3.05, 3.63) is 45.8 Å². The summed E-state index contributed by atoms with van der Waals surface area (Å²) in [5.41, 5.74) is 0.814. The zero-order chi connectivity index (χ0) is 21.1. The number of likely N-dealkylation sites (tertiary alicyclic amines) is 1. The molecular formula is C21H26Cl2FN5O. The Morgan fingerprint density at radius 1 is 1.20 bits per heavy atom. The topological polar surface area (TPSA) is 64.5 Å². The first-order valence-electron chi connectivity index (χ1n) is 10.3. The highest BCUT2D eigenvalue weighted by Crippen LogP contribution is 2.33. The van der Waals surface area contributed by atoms with E-state index in [4.69, 9.17) is 23.2 Å². The SMILES string of the molecule is OCCN1CCCC(C2CN(c3ncc(F)c(NCc4ccc(Cl)cc4Cl)n3)C2)C1. The van der Waals surface area contributed by atoms with Gasteiger partial charge in [-0.25, -0.2) is 9.37 Å². The average Bonchev–Trinajstić information content (AvgIpc) is 2.69. The number of halogens is 3. The Labute approximate surface area is 186 Å². The van der Waals surface area contributed by atoms with E-state index in [1.807, 2.05) is 6.07 Å². The summed E-state index contributed by atoms with van der Waals surface area (Å²) in [5.74, 6) is 1.44. The van der Waals surface area contributed by atoms with Crippen LogP contribution in [0.15, 0.2) is 24.4 Å². The molecule has 0 saturated carbocycles. The molecule has 9 heteroatoms. The van der Waals surface area contributed by atoms with E-state index in [9.17, 15) is 9.50 Å². The van der Waals surface area contributed by atoms with Gasteiger partial charge in [0.2, 0.25) is 5.95 Å². The van der Waals surface area contributed by atoms with E-state index in [0.29, 0.717) is 34.4 Å². The normalized spacial score (nSPS) is 20.3. The molecule has 30 heavy (non-hydrogen) atoms. The number of nitrogens with one attached hydrogen (secondary N) is 1. The molecule has 0 radical (unpaired) electrons. The van der Waals surface area contributed by atoms with E-state index in [-0.39, 0.29) is 12.4 Å². The molecule has 3 heterocycles. The largest absolute Gasteiger partial charge is 0.395 e. The Morgan fingerprint density at radius 3 is 2.80 bits per heavy atom. The van der Waals surface area contributed by atoms with Crippen LogP contribution in [0.3, 0.4) is 0 Å². The van der Waals surface area contributed by atoms with E-state index >= 15 is 0 Å². The van der Waals surface area contributed by atoms with Crippen molar-refractivity contribution < 1.29 is 9.50 Å². The van der Waals surface area contributed by atoms with Crippen molar-refractivity contribution in [1.82, 2.24) is 14.9 Å². The van der Waals surface area contributed by atoms with Crippen LogP contribution in [0.1, 0.15) is 18.4 Å². The zero-order valence-corrected chi connectivity index (χ0v) is 18.2. The number of hydrogen-bond acceptors (Lipinski definition) is 6. The summed E-state index contributed by atoms with van der Waals surface area (Å²) < 4.78 is 14.2. The number of hydrogen-bond donors (Lipinski definition) is 2. The van der Waals surface area contributed by atoms with Gasteiger partial charge in [0.1, 0.15) is 0 Å². The third kappa shape index (κ3) is 4.97. The van der Waals surface area contributed by atoms with Gasteiger partial charge in [-0.05, 0) is 48.9 Å².